The minimum absolute atomic E-state index is 0.530. The van der Waals surface area contributed by atoms with Gasteiger partial charge in [0.05, 0.1) is 12.3 Å². The van der Waals surface area contributed by atoms with Gasteiger partial charge < -0.3 is 24.4 Å². The van der Waals surface area contributed by atoms with Crippen molar-refractivity contribution in [3.63, 3.8) is 0 Å². The number of benzene rings is 2. The molecule has 2 aromatic heterocycles. The Bertz CT molecular complexity index is 1270. The Morgan fingerprint density at radius 1 is 0.971 bits per heavy atom. The van der Waals surface area contributed by atoms with Crippen LogP contribution in [0.2, 0.25) is 0 Å². The van der Waals surface area contributed by atoms with E-state index in [9.17, 15) is 0 Å². The van der Waals surface area contributed by atoms with Gasteiger partial charge in [0.2, 0.25) is 5.95 Å². The molecule has 0 aliphatic carbocycles. The third-order valence-corrected chi connectivity index (χ3v) is 6.09. The van der Waals surface area contributed by atoms with Crippen molar-refractivity contribution in [2.24, 2.45) is 0 Å². The van der Waals surface area contributed by atoms with E-state index in [2.05, 4.69) is 29.0 Å². The molecule has 0 saturated heterocycles. The molecule has 0 fully saturated rings. The number of pyridine rings is 1. The van der Waals surface area contributed by atoms with Gasteiger partial charge in [-0.25, -0.2) is 4.52 Å². The lowest BCUT2D eigenvalue weighted by atomic mass is 10.1. The Labute approximate surface area is 205 Å². The lowest BCUT2D eigenvalue weighted by Gasteiger charge is -2.19. The first kappa shape index (κ1) is 23.0. The maximum Gasteiger partial charge on any atom is 0.247 e. The highest BCUT2D eigenvalue weighted by molar-refractivity contribution is 5.68. The summed E-state index contributed by atoms with van der Waals surface area (Å²) < 4.78 is 19.1. The zero-order chi connectivity index (χ0) is 24.0. The third-order valence-electron chi connectivity index (χ3n) is 6.09. The zero-order valence-electron chi connectivity index (χ0n) is 20.2. The summed E-state index contributed by atoms with van der Waals surface area (Å²) in [5, 5.41) is 8.00. The number of nitrogens with one attached hydrogen (secondary N) is 1. The zero-order valence-corrected chi connectivity index (χ0v) is 20.2. The number of nitrogens with zero attached hydrogens (tertiary/aromatic N) is 4. The monoisotopic (exact) mass is 473 g/mol. The van der Waals surface area contributed by atoms with Gasteiger partial charge in [-0.05, 0) is 74.1 Å². The number of hydrogen-bond donors (Lipinski definition) is 1. The van der Waals surface area contributed by atoms with Crippen molar-refractivity contribution in [3.8, 4) is 28.5 Å². The number of ether oxygens (including phenoxy) is 3. The molecule has 8 heteroatoms. The Hall–Kier alpha value is -3.78. The SMILES string of the molecule is CCN(CC)CCCOc1ccc(Nc2nc3cccc(-c4ccc5c(c4)OCCO5)n3n2)cc1. The second-order valence-corrected chi connectivity index (χ2v) is 8.35. The fraction of sp³-hybridized carbons (Fsp3) is 0.333. The third kappa shape index (κ3) is 5.33. The molecule has 2 aromatic carbocycles. The molecule has 8 nitrogen and oxygen atoms in total. The Kier molecular flexibility index (Phi) is 6.99. The second kappa shape index (κ2) is 10.7. The smallest absolute Gasteiger partial charge is 0.247 e. The topological polar surface area (TPSA) is 73.2 Å². The summed E-state index contributed by atoms with van der Waals surface area (Å²) in [6.45, 7) is 9.42. The highest BCUT2D eigenvalue weighted by Crippen LogP contribution is 2.34. The van der Waals surface area contributed by atoms with Gasteiger partial charge in [0.25, 0.3) is 0 Å². The standard InChI is InChI=1S/C27H31N5O3/c1-3-31(4-2)15-6-16-33-22-12-10-21(11-13-22)28-27-29-26-8-5-7-23(32(26)30-27)20-9-14-24-25(19-20)35-18-17-34-24/h5,7-14,19H,3-4,6,15-18H2,1-2H3,(H,28,30). The largest absolute Gasteiger partial charge is 0.494 e. The molecule has 182 valence electrons. The Balaban J connectivity index is 1.26. The summed E-state index contributed by atoms with van der Waals surface area (Å²) >= 11 is 0. The van der Waals surface area contributed by atoms with Crippen LogP contribution in [0.4, 0.5) is 11.6 Å². The lowest BCUT2D eigenvalue weighted by Crippen LogP contribution is -2.25. The Morgan fingerprint density at radius 2 is 1.77 bits per heavy atom. The molecular formula is C27H31N5O3. The average molecular weight is 474 g/mol. The van der Waals surface area contributed by atoms with E-state index in [0.717, 1.165) is 65.9 Å². The lowest BCUT2D eigenvalue weighted by molar-refractivity contribution is 0.171. The first-order chi connectivity index (χ1) is 17.2. The molecule has 0 spiro atoms. The molecule has 1 aliphatic rings. The van der Waals surface area contributed by atoms with Gasteiger partial charge >= 0.3 is 0 Å². The molecule has 0 saturated carbocycles. The second-order valence-electron chi connectivity index (χ2n) is 8.35. The van der Waals surface area contributed by atoms with E-state index in [1.807, 2.05) is 65.2 Å². The minimum Gasteiger partial charge on any atom is -0.494 e. The minimum atomic E-state index is 0.530. The van der Waals surface area contributed by atoms with Gasteiger partial charge in [-0.2, -0.15) is 4.98 Å². The first-order valence-corrected chi connectivity index (χ1v) is 12.2. The van der Waals surface area contributed by atoms with Gasteiger partial charge in [0.1, 0.15) is 19.0 Å². The number of hydrogen-bond acceptors (Lipinski definition) is 7. The van der Waals surface area contributed by atoms with Crippen LogP contribution >= 0.6 is 0 Å². The van der Waals surface area contributed by atoms with E-state index in [-0.39, 0.29) is 0 Å². The summed E-state index contributed by atoms with van der Waals surface area (Å²) in [7, 11) is 0. The molecule has 3 heterocycles. The van der Waals surface area contributed by atoms with E-state index in [4.69, 9.17) is 19.3 Å². The van der Waals surface area contributed by atoms with Crippen molar-refractivity contribution >= 4 is 17.3 Å². The highest BCUT2D eigenvalue weighted by Gasteiger charge is 2.15. The summed E-state index contributed by atoms with van der Waals surface area (Å²) in [6.07, 6.45) is 1.01. The maximum absolute atomic E-state index is 5.89. The van der Waals surface area contributed by atoms with Crippen LogP contribution in [-0.4, -0.2) is 59.0 Å². The van der Waals surface area contributed by atoms with E-state index in [1.165, 1.54) is 0 Å². The van der Waals surface area contributed by atoms with Crippen LogP contribution in [0, 0.1) is 0 Å². The molecule has 35 heavy (non-hydrogen) atoms. The number of rotatable bonds is 10. The van der Waals surface area contributed by atoms with Gasteiger partial charge in [-0.15, -0.1) is 5.10 Å². The van der Waals surface area contributed by atoms with Crippen molar-refractivity contribution in [2.75, 3.05) is 44.8 Å². The molecule has 1 aliphatic heterocycles. The predicted molar refractivity (Wildman–Crippen MR) is 137 cm³/mol. The molecule has 4 aromatic rings. The van der Waals surface area contributed by atoms with Crippen LogP contribution in [0.25, 0.3) is 16.9 Å². The van der Waals surface area contributed by atoms with E-state index < -0.39 is 0 Å². The van der Waals surface area contributed by atoms with Crippen molar-refractivity contribution in [1.29, 1.82) is 0 Å². The van der Waals surface area contributed by atoms with Gasteiger partial charge in [-0.1, -0.05) is 19.9 Å². The fourth-order valence-corrected chi connectivity index (χ4v) is 4.16. The average Bonchev–Trinajstić information content (AvgIpc) is 3.32. The van der Waals surface area contributed by atoms with Crippen LogP contribution in [-0.2, 0) is 0 Å². The normalized spacial score (nSPS) is 12.8. The van der Waals surface area contributed by atoms with E-state index >= 15 is 0 Å². The molecule has 5 rings (SSSR count). The number of fused-ring (bicyclic) bond motifs is 2. The molecule has 0 unspecified atom stereocenters. The van der Waals surface area contributed by atoms with Gasteiger partial charge in [0, 0.05) is 17.8 Å². The van der Waals surface area contributed by atoms with Crippen molar-refractivity contribution in [1.82, 2.24) is 19.5 Å². The van der Waals surface area contributed by atoms with Crippen LogP contribution in [0.3, 0.4) is 0 Å². The summed E-state index contributed by atoms with van der Waals surface area (Å²) in [4.78, 5) is 7.05. The van der Waals surface area contributed by atoms with Crippen LogP contribution in [0.5, 0.6) is 17.2 Å². The van der Waals surface area contributed by atoms with Crippen LogP contribution in [0.1, 0.15) is 20.3 Å². The molecule has 0 bridgehead atoms. The first-order valence-electron chi connectivity index (χ1n) is 12.2. The van der Waals surface area contributed by atoms with Crippen molar-refractivity contribution in [3.05, 3.63) is 60.7 Å². The number of aromatic nitrogens is 3. The molecular weight excluding hydrogens is 442 g/mol. The number of anilines is 2. The summed E-state index contributed by atoms with van der Waals surface area (Å²) in [5.74, 6) is 2.91. The van der Waals surface area contributed by atoms with E-state index in [0.29, 0.717) is 25.8 Å². The van der Waals surface area contributed by atoms with Gasteiger partial charge in [0.15, 0.2) is 17.1 Å². The molecule has 1 N–H and O–H groups in total. The van der Waals surface area contributed by atoms with Crippen LogP contribution < -0.4 is 19.5 Å². The molecule has 0 amide bonds. The van der Waals surface area contributed by atoms with Crippen molar-refractivity contribution in [2.45, 2.75) is 20.3 Å². The molecule has 0 atom stereocenters. The maximum atomic E-state index is 5.89. The molecule has 0 radical (unpaired) electrons. The fourth-order valence-electron chi connectivity index (χ4n) is 4.16. The quantitative estimate of drug-likeness (QED) is 0.324. The summed E-state index contributed by atoms with van der Waals surface area (Å²) in [5.41, 5.74) is 3.57. The summed E-state index contributed by atoms with van der Waals surface area (Å²) in [6, 6.07) is 19.8. The van der Waals surface area contributed by atoms with E-state index in [1.54, 1.807) is 0 Å². The highest BCUT2D eigenvalue weighted by atomic mass is 16.6. The van der Waals surface area contributed by atoms with Crippen LogP contribution in [0.15, 0.2) is 60.7 Å². The Morgan fingerprint density at radius 3 is 2.57 bits per heavy atom. The predicted octanol–water partition coefficient (Wildman–Crippen LogP) is 5.02. The van der Waals surface area contributed by atoms with Crippen molar-refractivity contribution < 1.29 is 14.2 Å². The van der Waals surface area contributed by atoms with Gasteiger partial charge in [-0.3, -0.25) is 0 Å².